The van der Waals surface area contributed by atoms with Gasteiger partial charge in [-0.1, -0.05) is 6.92 Å². The van der Waals surface area contributed by atoms with Crippen molar-refractivity contribution >= 4 is 44.7 Å². The van der Waals surface area contributed by atoms with Gasteiger partial charge in [-0.3, -0.25) is 0 Å². The van der Waals surface area contributed by atoms with Gasteiger partial charge in [0, 0.05) is 37.6 Å². The number of likely N-dealkylation sites (N-methyl/N-ethyl adjacent to an activating group) is 1. The van der Waals surface area contributed by atoms with Gasteiger partial charge in [0.05, 0.1) is 12.0 Å². The van der Waals surface area contributed by atoms with Gasteiger partial charge in [-0.15, -0.1) is 11.3 Å². The van der Waals surface area contributed by atoms with Crippen molar-refractivity contribution < 1.29 is 9.53 Å². The molecule has 1 N–H and O–H groups in total. The number of benzene rings is 1. The van der Waals surface area contributed by atoms with Crippen LogP contribution in [-0.2, 0) is 4.74 Å². The van der Waals surface area contributed by atoms with Gasteiger partial charge in [0.15, 0.2) is 0 Å². The molecule has 164 valence electrons. The van der Waals surface area contributed by atoms with E-state index in [1.54, 1.807) is 0 Å². The van der Waals surface area contributed by atoms with Crippen LogP contribution < -0.4 is 10.2 Å². The highest BCUT2D eigenvalue weighted by Crippen LogP contribution is 2.35. The fraction of sp³-hybridized carbons (Fsp3) is 0.435. The molecule has 0 saturated carbocycles. The molecule has 31 heavy (non-hydrogen) atoms. The van der Waals surface area contributed by atoms with Crippen LogP contribution in [0.25, 0.3) is 10.2 Å². The van der Waals surface area contributed by atoms with Crippen molar-refractivity contribution in [2.24, 2.45) is 0 Å². The molecule has 0 atom stereocenters. The Morgan fingerprint density at radius 1 is 1.16 bits per heavy atom. The number of nitrogens with one attached hydrogen (secondary N) is 1. The van der Waals surface area contributed by atoms with Gasteiger partial charge >= 0.3 is 5.97 Å². The van der Waals surface area contributed by atoms with Crippen LogP contribution in [0.5, 0.6) is 0 Å². The van der Waals surface area contributed by atoms with Crippen LogP contribution in [-0.4, -0.2) is 60.2 Å². The molecule has 1 aromatic carbocycles. The summed E-state index contributed by atoms with van der Waals surface area (Å²) in [5, 5.41) is 4.33. The van der Waals surface area contributed by atoms with E-state index in [1.807, 2.05) is 13.8 Å². The van der Waals surface area contributed by atoms with E-state index in [9.17, 15) is 4.79 Å². The number of thiophene rings is 1. The van der Waals surface area contributed by atoms with E-state index in [1.165, 1.54) is 23.4 Å². The number of piperazine rings is 1. The lowest BCUT2D eigenvalue weighted by atomic mass is 10.1. The highest BCUT2D eigenvalue weighted by molar-refractivity contribution is 7.20. The second kappa shape index (κ2) is 9.20. The van der Waals surface area contributed by atoms with Crippen molar-refractivity contribution in [2.75, 3.05) is 49.5 Å². The van der Waals surface area contributed by atoms with E-state index >= 15 is 0 Å². The number of esters is 1. The minimum Gasteiger partial charge on any atom is -0.462 e. The Kier molecular flexibility index (Phi) is 6.38. The Balaban J connectivity index is 1.59. The Morgan fingerprint density at radius 2 is 1.94 bits per heavy atom. The number of hydrogen-bond acceptors (Lipinski definition) is 8. The highest BCUT2D eigenvalue weighted by Gasteiger charge is 2.21. The first-order valence-corrected chi connectivity index (χ1v) is 11.6. The molecule has 0 aliphatic carbocycles. The Morgan fingerprint density at radius 3 is 2.61 bits per heavy atom. The van der Waals surface area contributed by atoms with E-state index in [0.29, 0.717) is 17.3 Å². The summed E-state index contributed by atoms with van der Waals surface area (Å²) < 4.78 is 5.20. The molecule has 8 heteroatoms. The van der Waals surface area contributed by atoms with Crippen LogP contribution in [0, 0.1) is 13.8 Å². The number of aromatic nitrogens is 2. The fourth-order valence-electron chi connectivity index (χ4n) is 3.99. The van der Waals surface area contributed by atoms with Gasteiger partial charge < -0.3 is 19.9 Å². The van der Waals surface area contributed by atoms with Gasteiger partial charge in [0.1, 0.15) is 21.9 Å². The predicted octanol–water partition coefficient (Wildman–Crippen LogP) is 4.37. The second-order valence-corrected chi connectivity index (χ2v) is 8.72. The average Bonchev–Trinajstić information content (AvgIpc) is 3.13. The van der Waals surface area contributed by atoms with Crippen LogP contribution in [0.1, 0.15) is 34.6 Å². The molecule has 1 saturated heterocycles. The number of aryl methyl sites for hydroxylation is 2. The highest BCUT2D eigenvalue weighted by atomic mass is 32.1. The number of carbonyl (C=O) groups is 1. The summed E-state index contributed by atoms with van der Waals surface area (Å²) in [5.74, 6) is 0.402. The standard InChI is InChI=1S/C23H29N5O2S/c1-5-27-9-11-28(12-10-27)17-7-8-18(15(3)13-17)26-21-19-16(4)20(23(29)30-6-2)31-22(19)25-14-24-21/h7-8,13-14H,5-6,9-12H2,1-4H3,(H,24,25,26). The molecule has 1 aliphatic heterocycles. The van der Waals surface area contributed by atoms with E-state index in [4.69, 9.17) is 4.74 Å². The summed E-state index contributed by atoms with van der Waals surface area (Å²) in [4.78, 5) is 27.4. The Labute approximate surface area is 187 Å². The number of ether oxygens (including phenoxy) is 1. The first kappa shape index (κ1) is 21.5. The maximum Gasteiger partial charge on any atom is 0.348 e. The number of anilines is 3. The van der Waals surface area contributed by atoms with Crippen molar-refractivity contribution in [3.63, 3.8) is 0 Å². The van der Waals surface area contributed by atoms with Crippen molar-refractivity contribution in [3.05, 3.63) is 40.5 Å². The summed E-state index contributed by atoms with van der Waals surface area (Å²) in [6.07, 6.45) is 1.53. The molecule has 1 aliphatic rings. The number of nitrogens with zero attached hydrogens (tertiary/aromatic N) is 4. The maximum atomic E-state index is 12.3. The van der Waals surface area contributed by atoms with Crippen molar-refractivity contribution in [2.45, 2.75) is 27.7 Å². The molecule has 0 unspecified atom stereocenters. The molecule has 0 spiro atoms. The molecular formula is C23H29N5O2S. The van der Waals surface area contributed by atoms with Gasteiger partial charge in [-0.05, 0) is 56.6 Å². The monoisotopic (exact) mass is 439 g/mol. The normalized spacial score (nSPS) is 14.8. The summed E-state index contributed by atoms with van der Waals surface area (Å²) >= 11 is 1.35. The number of hydrogen-bond donors (Lipinski definition) is 1. The SMILES string of the molecule is CCOC(=O)c1sc2ncnc(Nc3ccc(N4CCN(CC)CC4)cc3C)c2c1C. The third-order valence-corrected chi connectivity index (χ3v) is 7.02. The van der Waals surface area contributed by atoms with Crippen molar-refractivity contribution in [1.29, 1.82) is 0 Å². The third kappa shape index (κ3) is 4.36. The van der Waals surface area contributed by atoms with E-state index in [-0.39, 0.29) is 5.97 Å². The topological polar surface area (TPSA) is 70.6 Å². The second-order valence-electron chi connectivity index (χ2n) is 7.72. The minimum absolute atomic E-state index is 0.308. The quantitative estimate of drug-likeness (QED) is 0.572. The lowest BCUT2D eigenvalue weighted by Gasteiger charge is -2.35. The molecule has 0 radical (unpaired) electrons. The van der Waals surface area contributed by atoms with Crippen LogP contribution >= 0.6 is 11.3 Å². The van der Waals surface area contributed by atoms with E-state index in [0.717, 1.165) is 59.8 Å². The minimum atomic E-state index is -0.308. The smallest absolute Gasteiger partial charge is 0.348 e. The molecular weight excluding hydrogens is 410 g/mol. The Bertz CT molecular complexity index is 1090. The average molecular weight is 440 g/mol. The molecule has 4 rings (SSSR count). The molecule has 0 bridgehead atoms. The molecule has 3 aromatic rings. The fourth-order valence-corrected chi connectivity index (χ4v) is 5.03. The van der Waals surface area contributed by atoms with Crippen molar-refractivity contribution in [3.8, 4) is 0 Å². The van der Waals surface area contributed by atoms with Crippen molar-refractivity contribution in [1.82, 2.24) is 14.9 Å². The lowest BCUT2D eigenvalue weighted by Crippen LogP contribution is -2.46. The summed E-state index contributed by atoms with van der Waals surface area (Å²) in [5.41, 5.74) is 4.26. The molecule has 7 nitrogen and oxygen atoms in total. The van der Waals surface area contributed by atoms with E-state index in [2.05, 4.69) is 57.1 Å². The first-order valence-electron chi connectivity index (χ1n) is 10.8. The number of rotatable bonds is 6. The first-order chi connectivity index (χ1) is 15.0. The van der Waals surface area contributed by atoms with Gasteiger partial charge in [0.25, 0.3) is 0 Å². The summed E-state index contributed by atoms with van der Waals surface area (Å²) in [6.45, 7) is 13.8. The van der Waals surface area contributed by atoms with Crippen LogP contribution in [0.2, 0.25) is 0 Å². The lowest BCUT2D eigenvalue weighted by molar-refractivity contribution is 0.0531. The number of carbonyl (C=O) groups excluding carboxylic acids is 1. The summed E-state index contributed by atoms with van der Waals surface area (Å²) in [6, 6.07) is 6.51. The van der Waals surface area contributed by atoms with Crippen LogP contribution in [0.4, 0.5) is 17.2 Å². The predicted molar refractivity (Wildman–Crippen MR) is 127 cm³/mol. The summed E-state index contributed by atoms with van der Waals surface area (Å²) in [7, 11) is 0. The largest absolute Gasteiger partial charge is 0.462 e. The zero-order valence-electron chi connectivity index (χ0n) is 18.6. The Hall–Kier alpha value is -2.71. The zero-order valence-corrected chi connectivity index (χ0v) is 19.4. The van der Waals surface area contributed by atoms with Gasteiger partial charge in [-0.2, -0.15) is 0 Å². The molecule has 0 amide bonds. The van der Waals surface area contributed by atoms with Gasteiger partial charge in [0.2, 0.25) is 0 Å². The van der Waals surface area contributed by atoms with Gasteiger partial charge in [-0.25, -0.2) is 14.8 Å². The zero-order chi connectivity index (χ0) is 22.0. The van der Waals surface area contributed by atoms with Crippen LogP contribution in [0.3, 0.4) is 0 Å². The third-order valence-electron chi connectivity index (χ3n) is 5.84. The van der Waals surface area contributed by atoms with E-state index < -0.39 is 0 Å². The maximum absolute atomic E-state index is 12.3. The molecule has 1 fully saturated rings. The molecule has 3 heterocycles. The number of fused-ring (bicyclic) bond motifs is 1. The molecule has 2 aromatic heterocycles. The van der Waals surface area contributed by atoms with Crippen LogP contribution in [0.15, 0.2) is 24.5 Å².